The van der Waals surface area contributed by atoms with Crippen molar-refractivity contribution in [2.24, 2.45) is 0 Å². The van der Waals surface area contributed by atoms with Gasteiger partial charge in [-0.1, -0.05) is 30.0 Å². The summed E-state index contributed by atoms with van der Waals surface area (Å²) in [7, 11) is 1.44. The molecule has 2 heterocycles. The Morgan fingerprint density at radius 3 is 2.50 bits per heavy atom. The number of rotatable bonds is 7. The average Bonchev–Trinajstić information content (AvgIpc) is 2.69. The first-order valence-electron chi connectivity index (χ1n) is 9.43. The number of nitrogens with zero attached hydrogens (tertiary/aromatic N) is 3. The molecular weight excluding hydrogens is 400 g/mol. The number of ether oxygens (including phenoxy) is 1. The van der Waals surface area contributed by atoms with Gasteiger partial charge in [0.05, 0.1) is 13.3 Å². The van der Waals surface area contributed by atoms with Crippen LogP contribution in [-0.4, -0.2) is 27.6 Å². The van der Waals surface area contributed by atoms with Crippen LogP contribution in [0.2, 0.25) is 0 Å². The quantitative estimate of drug-likeness (QED) is 0.461. The second kappa shape index (κ2) is 9.58. The fourth-order valence-corrected chi connectivity index (χ4v) is 3.92. The fraction of sp³-hybridized carbons (Fsp3) is 0.273. The van der Waals surface area contributed by atoms with Crippen molar-refractivity contribution in [2.45, 2.75) is 38.2 Å². The van der Waals surface area contributed by atoms with E-state index in [0.29, 0.717) is 16.6 Å². The molecule has 0 bridgehead atoms. The summed E-state index contributed by atoms with van der Waals surface area (Å²) in [6.07, 6.45) is 1.57. The van der Waals surface area contributed by atoms with Gasteiger partial charge in [-0.15, -0.1) is 0 Å². The maximum absolute atomic E-state index is 12.7. The Bertz CT molecular complexity index is 1110. The third-order valence-corrected chi connectivity index (χ3v) is 5.33. The van der Waals surface area contributed by atoms with Gasteiger partial charge in [0.1, 0.15) is 6.54 Å². The number of carbonyl (C=O) groups is 1. The number of amides is 1. The molecule has 3 rings (SSSR count). The number of pyridine rings is 1. The molecule has 156 valence electrons. The molecular formula is C22H24N4O3S. The number of hydrogen-bond donors (Lipinski definition) is 1. The maximum Gasteiger partial charge on any atom is 0.244 e. The van der Waals surface area contributed by atoms with Crippen molar-refractivity contribution < 1.29 is 9.53 Å². The summed E-state index contributed by atoms with van der Waals surface area (Å²) in [6, 6.07) is 11.0. The molecule has 0 aliphatic carbocycles. The molecule has 0 spiro atoms. The van der Waals surface area contributed by atoms with Crippen LogP contribution >= 0.6 is 11.8 Å². The van der Waals surface area contributed by atoms with Crippen LogP contribution in [0, 0.1) is 20.8 Å². The highest BCUT2D eigenvalue weighted by Crippen LogP contribution is 2.21. The number of carbonyl (C=O) groups excluding carboxylic acids is 1. The first-order chi connectivity index (χ1) is 14.4. The molecule has 0 aliphatic heterocycles. The zero-order valence-electron chi connectivity index (χ0n) is 17.4. The van der Waals surface area contributed by atoms with Crippen LogP contribution in [0.5, 0.6) is 5.75 Å². The van der Waals surface area contributed by atoms with Crippen LogP contribution in [-0.2, 0) is 17.1 Å². The fourth-order valence-electron chi connectivity index (χ4n) is 2.97. The van der Waals surface area contributed by atoms with Crippen molar-refractivity contribution in [3.05, 3.63) is 75.5 Å². The zero-order chi connectivity index (χ0) is 21.7. The highest BCUT2D eigenvalue weighted by Gasteiger charge is 2.13. The molecule has 0 aliphatic rings. The Morgan fingerprint density at radius 2 is 1.83 bits per heavy atom. The van der Waals surface area contributed by atoms with E-state index in [4.69, 9.17) is 4.74 Å². The molecule has 1 amide bonds. The van der Waals surface area contributed by atoms with Gasteiger partial charge < -0.3 is 14.6 Å². The van der Waals surface area contributed by atoms with Crippen LogP contribution < -0.4 is 15.5 Å². The number of thioether (sulfide) groups is 1. The van der Waals surface area contributed by atoms with E-state index < -0.39 is 0 Å². The number of benzene rings is 1. The lowest BCUT2D eigenvalue weighted by molar-refractivity contribution is -0.116. The third-order valence-electron chi connectivity index (χ3n) is 4.45. The molecule has 0 atom stereocenters. The summed E-state index contributed by atoms with van der Waals surface area (Å²) >= 11 is 1.42. The van der Waals surface area contributed by atoms with E-state index in [0.717, 1.165) is 22.6 Å². The molecule has 7 nitrogen and oxygen atoms in total. The van der Waals surface area contributed by atoms with Gasteiger partial charge in [0.25, 0.3) is 0 Å². The molecule has 0 unspecified atom stereocenters. The number of anilines is 1. The van der Waals surface area contributed by atoms with Gasteiger partial charge in [-0.05, 0) is 38.5 Å². The first kappa shape index (κ1) is 21.6. The van der Waals surface area contributed by atoms with E-state index in [-0.39, 0.29) is 23.6 Å². The van der Waals surface area contributed by atoms with Gasteiger partial charge in [0, 0.05) is 34.6 Å². The van der Waals surface area contributed by atoms with Gasteiger partial charge in [-0.3, -0.25) is 9.59 Å². The van der Waals surface area contributed by atoms with E-state index in [1.165, 1.54) is 24.9 Å². The van der Waals surface area contributed by atoms with Crippen LogP contribution in [0.3, 0.4) is 0 Å². The average molecular weight is 425 g/mol. The normalized spacial score (nSPS) is 10.7. The summed E-state index contributed by atoms with van der Waals surface area (Å²) < 4.78 is 6.88. The Hall–Kier alpha value is -3.13. The summed E-state index contributed by atoms with van der Waals surface area (Å²) in [5, 5.41) is 3.55. The van der Waals surface area contributed by atoms with E-state index in [9.17, 15) is 9.59 Å². The predicted molar refractivity (Wildman–Crippen MR) is 118 cm³/mol. The molecule has 0 saturated heterocycles. The van der Waals surface area contributed by atoms with Crippen molar-refractivity contribution in [1.82, 2.24) is 14.5 Å². The second-order valence-corrected chi connectivity index (χ2v) is 7.85. The SMILES string of the molecule is COc1cn(CC(=O)Nc2ccccc2C)c(CSc2nc(C)cc(C)n2)cc1=O. The largest absolute Gasteiger partial charge is 0.491 e. The van der Waals surface area contributed by atoms with Crippen LogP contribution in [0.1, 0.15) is 22.6 Å². The molecule has 0 radical (unpaired) electrons. The number of nitrogens with one attached hydrogen (secondary N) is 1. The lowest BCUT2D eigenvalue weighted by Crippen LogP contribution is -2.23. The van der Waals surface area contributed by atoms with E-state index in [2.05, 4.69) is 15.3 Å². The van der Waals surface area contributed by atoms with E-state index >= 15 is 0 Å². The van der Waals surface area contributed by atoms with Crippen LogP contribution in [0.25, 0.3) is 0 Å². The molecule has 30 heavy (non-hydrogen) atoms. The van der Waals surface area contributed by atoms with Gasteiger partial charge in [-0.25, -0.2) is 9.97 Å². The Labute approximate surface area is 179 Å². The summed E-state index contributed by atoms with van der Waals surface area (Å²) in [5.74, 6) is 0.443. The number of para-hydroxylation sites is 1. The molecule has 2 aromatic heterocycles. The summed E-state index contributed by atoms with van der Waals surface area (Å²) in [5.41, 5.74) is 3.96. The third kappa shape index (κ3) is 5.48. The Balaban J connectivity index is 1.82. The molecule has 8 heteroatoms. The lowest BCUT2D eigenvalue weighted by Gasteiger charge is -2.15. The predicted octanol–water partition coefficient (Wildman–Crippen LogP) is 3.50. The summed E-state index contributed by atoms with van der Waals surface area (Å²) in [6.45, 7) is 5.81. The smallest absolute Gasteiger partial charge is 0.244 e. The topological polar surface area (TPSA) is 86.1 Å². The van der Waals surface area contributed by atoms with Crippen molar-refractivity contribution in [1.29, 1.82) is 0 Å². The maximum atomic E-state index is 12.7. The van der Waals surface area contributed by atoms with Crippen molar-refractivity contribution in [3.8, 4) is 5.75 Å². The van der Waals surface area contributed by atoms with Crippen LogP contribution in [0.15, 0.2) is 52.5 Å². The summed E-state index contributed by atoms with van der Waals surface area (Å²) in [4.78, 5) is 33.8. The Morgan fingerprint density at radius 1 is 1.13 bits per heavy atom. The number of methoxy groups -OCH3 is 1. The van der Waals surface area contributed by atoms with Crippen LogP contribution in [0.4, 0.5) is 5.69 Å². The molecule has 1 N–H and O–H groups in total. The standard InChI is InChI=1S/C22H24N4O3S/c1-14-7-5-6-8-18(14)25-21(28)12-26-11-20(29-4)19(27)10-17(26)13-30-22-23-15(2)9-16(3)24-22/h5-11H,12-13H2,1-4H3,(H,25,28). The molecule has 3 aromatic rings. The number of hydrogen-bond acceptors (Lipinski definition) is 6. The van der Waals surface area contributed by atoms with Gasteiger partial charge >= 0.3 is 0 Å². The van der Waals surface area contributed by atoms with Crippen molar-refractivity contribution in [2.75, 3.05) is 12.4 Å². The van der Waals surface area contributed by atoms with E-state index in [1.807, 2.05) is 51.1 Å². The van der Waals surface area contributed by atoms with Gasteiger partial charge in [-0.2, -0.15) is 0 Å². The van der Waals surface area contributed by atoms with Crippen molar-refractivity contribution in [3.63, 3.8) is 0 Å². The zero-order valence-corrected chi connectivity index (χ0v) is 18.2. The minimum atomic E-state index is -0.231. The molecule has 0 saturated carbocycles. The highest BCUT2D eigenvalue weighted by molar-refractivity contribution is 7.98. The van der Waals surface area contributed by atoms with Gasteiger partial charge in [0.2, 0.25) is 11.3 Å². The highest BCUT2D eigenvalue weighted by atomic mass is 32.2. The lowest BCUT2D eigenvalue weighted by atomic mass is 10.2. The monoisotopic (exact) mass is 424 g/mol. The van der Waals surface area contributed by atoms with Gasteiger partial charge in [0.15, 0.2) is 10.9 Å². The molecule has 0 fully saturated rings. The first-order valence-corrected chi connectivity index (χ1v) is 10.4. The van der Waals surface area contributed by atoms with Crippen molar-refractivity contribution >= 4 is 23.4 Å². The number of aromatic nitrogens is 3. The second-order valence-electron chi connectivity index (χ2n) is 6.91. The minimum Gasteiger partial charge on any atom is -0.491 e. The number of aryl methyl sites for hydroxylation is 3. The molecule has 1 aromatic carbocycles. The minimum absolute atomic E-state index is 0.0502. The van der Waals surface area contributed by atoms with E-state index in [1.54, 1.807) is 10.8 Å². The Kier molecular flexibility index (Phi) is 6.89.